The third kappa shape index (κ3) is 2.41. The first-order valence-corrected chi connectivity index (χ1v) is 5.64. The Morgan fingerprint density at radius 2 is 2.18 bits per heavy atom. The Hall–Kier alpha value is -1.97. The molecule has 90 valence electrons. The zero-order valence-corrected chi connectivity index (χ0v) is 9.95. The number of aryl methyl sites for hydroxylation is 1. The summed E-state index contributed by atoms with van der Waals surface area (Å²) in [4.78, 5) is 11.4. The minimum absolute atomic E-state index is 0.408. The summed E-state index contributed by atoms with van der Waals surface area (Å²) in [6.45, 7) is 4.26. The summed E-state index contributed by atoms with van der Waals surface area (Å²) in [5, 5.41) is 3.61. The number of amides is 1. The first-order chi connectivity index (χ1) is 8.22. The molecule has 1 heterocycles. The second kappa shape index (κ2) is 4.91. The summed E-state index contributed by atoms with van der Waals surface area (Å²) >= 11 is 0. The van der Waals surface area contributed by atoms with E-state index in [-0.39, 0.29) is 0 Å². The number of carbonyl (C=O) groups is 1. The molecule has 0 spiro atoms. The maximum Gasteiger partial charge on any atom is 0.413 e. The smallest absolute Gasteiger partial charge is 0.413 e. The number of furan rings is 1. The molecule has 17 heavy (non-hydrogen) atoms. The Kier molecular flexibility index (Phi) is 3.32. The number of carbonyl (C=O) groups excluding carboxylic acids is 1. The lowest BCUT2D eigenvalue weighted by Gasteiger charge is -2.03. The fraction of sp³-hybridized carbons (Fsp3) is 0.308. The minimum Gasteiger partial charge on any atom is -0.449 e. The van der Waals surface area contributed by atoms with Crippen LogP contribution in [0.1, 0.15) is 18.9 Å². The summed E-state index contributed by atoms with van der Waals surface area (Å²) in [5.74, 6) is 0.451. The van der Waals surface area contributed by atoms with Crippen LogP contribution < -0.4 is 5.32 Å². The van der Waals surface area contributed by atoms with Crippen LogP contribution in [-0.2, 0) is 4.74 Å². The molecule has 1 aromatic carbocycles. The fourth-order valence-electron chi connectivity index (χ4n) is 1.62. The predicted octanol–water partition coefficient (Wildman–Crippen LogP) is 3.70. The van der Waals surface area contributed by atoms with Crippen molar-refractivity contribution in [1.29, 1.82) is 0 Å². The van der Waals surface area contributed by atoms with Gasteiger partial charge in [-0.05, 0) is 19.4 Å². The Morgan fingerprint density at radius 3 is 2.88 bits per heavy atom. The van der Waals surface area contributed by atoms with Crippen LogP contribution in [0.3, 0.4) is 0 Å². The summed E-state index contributed by atoms with van der Waals surface area (Å²) in [7, 11) is 0. The Bertz CT molecular complexity index is 530. The van der Waals surface area contributed by atoms with Gasteiger partial charge in [-0.25, -0.2) is 4.79 Å². The van der Waals surface area contributed by atoms with E-state index in [4.69, 9.17) is 9.15 Å². The van der Waals surface area contributed by atoms with E-state index in [9.17, 15) is 4.79 Å². The van der Waals surface area contributed by atoms with Crippen molar-refractivity contribution in [2.24, 2.45) is 0 Å². The molecule has 0 atom stereocenters. The van der Waals surface area contributed by atoms with Gasteiger partial charge in [-0.15, -0.1) is 0 Å². The van der Waals surface area contributed by atoms with Gasteiger partial charge in [0.15, 0.2) is 0 Å². The molecule has 0 aliphatic rings. The van der Waals surface area contributed by atoms with Crippen molar-refractivity contribution in [3.8, 4) is 0 Å². The van der Waals surface area contributed by atoms with Crippen LogP contribution in [0.15, 0.2) is 28.7 Å². The van der Waals surface area contributed by atoms with Crippen molar-refractivity contribution >= 4 is 22.9 Å². The lowest BCUT2D eigenvalue weighted by molar-refractivity contribution is 0.161. The molecular formula is C13H15NO3. The van der Waals surface area contributed by atoms with Crippen LogP contribution in [0.2, 0.25) is 0 Å². The fourth-order valence-corrected chi connectivity index (χ4v) is 1.62. The van der Waals surface area contributed by atoms with E-state index in [1.807, 2.05) is 38.1 Å². The molecule has 1 aromatic heterocycles. The molecule has 0 saturated heterocycles. The molecule has 2 rings (SSSR count). The monoisotopic (exact) mass is 233 g/mol. The Balaban J connectivity index is 2.19. The van der Waals surface area contributed by atoms with E-state index in [2.05, 4.69) is 5.32 Å². The van der Waals surface area contributed by atoms with E-state index in [1.165, 1.54) is 0 Å². The SMILES string of the molecule is CCCOC(=O)Nc1oc2ccccc2c1C. The van der Waals surface area contributed by atoms with Crippen molar-refractivity contribution in [3.63, 3.8) is 0 Å². The highest BCUT2D eigenvalue weighted by atomic mass is 16.5. The second-order valence-corrected chi connectivity index (χ2v) is 3.81. The summed E-state index contributed by atoms with van der Waals surface area (Å²) < 4.78 is 10.5. The van der Waals surface area contributed by atoms with Gasteiger partial charge in [0.1, 0.15) is 5.58 Å². The molecule has 1 N–H and O–H groups in total. The largest absolute Gasteiger partial charge is 0.449 e. The first-order valence-electron chi connectivity index (χ1n) is 5.64. The quantitative estimate of drug-likeness (QED) is 0.879. The van der Waals surface area contributed by atoms with Gasteiger partial charge >= 0.3 is 6.09 Å². The summed E-state index contributed by atoms with van der Waals surface area (Å²) in [6, 6.07) is 7.65. The highest BCUT2D eigenvalue weighted by molar-refractivity contribution is 5.91. The van der Waals surface area contributed by atoms with Crippen LogP contribution in [0.5, 0.6) is 0 Å². The molecule has 4 nitrogen and oxygen atoms in total. The normalized spacial score (nSPS) is 10.5. The second-order valence-electron chi connectivity index (χ2n) is 3.81. The van der Waals surface area contributed by atoms with E-state index < -0.39 is 6.09 Å². The topological polar surface area (TPSA) is 51.5 Å². The number of ether oxygens (including phenoxy) is 1. The molecule has 0 aliphatic carbocycles. The van der Waals surface area contributed by atoms with Gasteiger partial charge in [0.25, 0.3) is 0 Å². The lowest BCUT2D eigenvalue weighted by atomic mass is 10.2. The standard InChI is InChI=1S/C13H15NO3/c1-3-8-16-13(15)14-12-9(2)10-6-4-5-7-11(10)17-12/h4-7H,3,8H2,1-2H3,(H,14,15). The van der Waals surface area contributed by atoms with Gasteiger partial charge in [-0.2, -0.15) is 0 Å². The number of anilines is 1. The van der Waals surface area contributed by atoms with Crippen LogP contribution >= 0.6 is 0 Å². The van der Waals surface area contributed by atoms with Gasteiger partial charge in [0, 0.05) is 10.9 Å². The third-order valence-electron chi connectivity index (χ3n) is 2.50. The zero-order valence-electron chi connectivity index (χ0n) is 9.95. The molecule has 0 unspecified atom stereocenters. The molecule has 0 aliphatic heterocycles. The maximum absolute atomic E-state index is 11.4. The lowest BCUT2D eigenvalue weighted by Crippen LogP contribution is -2.14. The highest BCUT2D eigenvalue weighted by Crippen LogP contribution is 2.28. The summed E-state index contributed by atoms with van der Waals surface area (Å²) in [5.41, 5.74) is 1.67. The number of nitrogens with one attached hydrogen (secondary N) is 1. The average Bonchev–Trinajstić information content (AvgIpc) is 2.64. The molecule has 0 radical (unpaired) electrons. The molecule has 0 fully saturated rings. The molecule has 0 saturated carbocycles. The van der Waals surface area contributed by atoms with Crippen molar-refractivity contribution in [1.82, 2.24) is 0 Å². The van der Waals surface area contributed by atoms with Crippen molar-refractivity contribution in [2.45, 2.75) is 20.3 Å². The zero-order chi connectivity index (χ0) is 12.3. The third-order valence-corrected chi connectivity index (χ3v) is 2.50. The average molecular weight is 233 g/mol. The van der Waals surface area contributed by atoms with E-state index in [1.54, 1.807) is 0 Å². The van der Waals surface area contributed by atoms with E-state index in [0.717, 1.165) is 23.0 Å². The van der Waals surface area contributed by atoms with Crippen molar-refractivity contribution in [2.75, 3.05) is 11.9 Å². The molecular weight excluding hydrogens is 218 g/mol. The van der Waals surface area contributed by atoms with Crippen molar-refractivity contribution < 1.29 is 13.9 Å². The van der Waals surface area contributed by atoms with Crippen LogP contribution in [0.25, 0.3) is 11.0 Å². The van der Waals surface area contributed by atoms with Crippen molar-refractivity contribution in [3.05, 3.63) is 29.8 Å². The predicted molar refractivity (Wildman–Crippen MR) is 66.2 cm³/mol. The number of fused-ring (bicyclic) bond motifs is 1. The number of rotatable bonds is 3. The number of hydrogen-bond donors (Lipinski definition) is 1. The van der Waals surface area contributed by atoms with Gasteiger partial charge in [0.2, 0.25) is 5.88 Å². The van der Waals surface area contributed by atoms with E-state index >= 15 is 0 Å². The molecule has 0 bridgehead atoms. The van der Waals surface area contributed by atoms with Crippen LogP contribution in [0.4, 0.5) is 10.7 Å². The van der Waals surface area contributed by atoms with Crippen LogP contribution in [-0.4, -0.2) is 12.7 Å². The summed E-state index contributed by atoms with van der Waals surface area (Å²) in [6.07, 6.45) is 0.320. The minimum atomic E-state index is -0.478. The number of hydrogen-bond acceptors (Lipinski definition) is 3. The number of benzene rings is 1. The molecule has 2 aromatic rings. The van der Waals surface area contributed by atoms with Crippen LogP contribution in [0, 0.1) is 6.92 Å². The van der Waals surface area contributed by atoms with Gasteiger partial charge in [0.05, 0.1) is 6.61 Å². The van der Waals surface area contributed by atoms with Gasteiger partial charge < -0.3 is 9.15 Å². The van der Waals surface area contributed by atoms with E-state index in [0.29, 0.717) is 12.5 Å². The molecule has 1 amide bonds. The highest BCUT2D eigenvalue weighted by Gasteiger charge is 2.12. The van der Waals surface area contributed by atoms with Gasteiger partial charge in [-0.3, -0.25) is 5.32 Å². The first kappa shape index (κ1) is 11.5. The van der Waals surface area contributed by atoms with Gasteiger partial charge in [-0.1, -0.05) is 25.1 Å². The Morgan fingerprint density at radius 1 is 1.41 bits per heavy atom. The molecule has 4 heteroatoms. The number of para-hydroxylation sites is 1. The maximum atomic E-state index is 11.4. The Labute approximate surface area is 99.6 Å².